The average Bonchev–Trinajstić information content (AvgIpc) is 3.28. The summed E-state index contributed by atoms with van der Waals surface area (Å²) in [5.74, 6) is 0.963. The number of likely N-dealkylation sites (tertiary alicyclic amines) is 1. The molecule has 0 spiro atoms. The fourth-order valence-corrected chi connectivity index (χ4v) is 4.76. The van der Waals surface area contributed by atoms with Crippen molar-refractivity contribution in [3.63, 3.8) is 0 Å². The number of pyridine rings is 1. The molecule has 1 unspecified atom stereocenters. The van der Waals surface area contributed by atoms with Crippen molar-refractivity contribution >= 4 is 40.6 Å². The Balaban J connectivity index is 1.34. The quantitative estimate of drug-likeness (QED) is 0.719. The summed E-state index contributed by atoms with van der Waals surface area (Å²) in [6, 6.07) is 9.33. The van der Waals surface area contributed by atoms with E-state index in [1.807, 2.05) is 39.4 Å². The molecular formula is C20H23ClN4O2S. The molecule has 0 aromatic carbocycles. The number of amides is 2. The third-order valence-electron chi connectivity index (χ3n) is 5.41. The van der Waals surface area contributed by atoms with Gasteiger partial charge in [0.15, 0.2) is 0 Å². The second-order valence-corrected chi connectivity index (χ2v) is 8.53. The van der Waals surface area contributed by atoms with E-state index >= 15 is 0 Å². The lowest BCUT2D eigenvalue weighted by Gasteiger charge is -2.39. The van der Waals surface area contributed by atoms with Crippen LogP contribution in [0.4, 0.5) is 5.82 Å². The second kappa shape index (κ2) is 8.49. The van der Waals surface area contributed by atoms with Crippen LogP contribution in [-0.4, -0.2) is 65.9 Å². The molecular weight excluding hydrogens is 396 g/mol. The van der Waals surface area contributed by atoms with E-state index in [0.717, 1.165) is 43.2 Å². The Bertz CT molecular complexity index is 836. The lowest BCUT2D eigenvalue weighted by Crippen LogP contribution is -2.53. The molecule has 6 nitrogen and oxygen atoms in total. The maximum atomic E-state index is 13.0. The summed E-state index contributed by atoms with van der Waals surface area (Å²) < 4.78 is 0. The Morgan fingerprint density at radius 1 is 1.04 bits per heavy atom. The zero-order chi connectivity index (χ0) is 19.5. The topological polar surface area (TPSA) is 56.8 Å². The Morgan fingerprint density at radius 3 is 2.57 bits per heavy atom. The monoisotopic (exact) mass is 418 g/mol. The smallest absolute Gasteiger partial charge is 0.263 e. The summed E-state index contributed by atoms with van der Waals surface area (Å²) >= 11 is 7.44. The standard InChI is InChI=1S/C20H23ClN4O2S/c21-17-6-1-7-18(22-17)23-9-11-24(12-10-23)19(26)15-4-2-8-25(14-15)20(27)16-5-3-13-28-16/h1,3,5-7,13,15H,2,4,8-12,14H2. The Labute approximate surface area is 173 Å². The number of nitrogens with zero attached hydrogens (tertiary/aromatic N) is 4. The van der Waals surface area contributed by atoms with Crippen LogP contribution in [0.5, 0.6) is 0 Å². The van der Waals surface area contributed by atoms with Gasteiger partial charge in [-0.2, -0.15) is 0 Å². The Hall–Kier alpha value is -2.12. The van der Waals surface area contributed by atoms with E-state index in [0.29, 0.717) is 24.8 Å². The molecule has 0 radical (unpaired) electrons. The second-order valence-electron chi connectivity index (χ2n) is 7.20. The molecule has 148 valence electrons. The maximum absolute atomic E-state index is 13.0. The summed E-state index contributed by atoms with van der Waals surface area (Å²) in [4.78, 5) is 36.7. The summed E-state index contributed by atoms with van der Waals surface area (Å²) in [6.07, 6.45) is 1.73. The minimum absolute atomic E-state index is 0.0457. The fourth-order valence-electron chi connectivity index (χ4n) is 3.91. The van der Waals surface area contributed by atoms with Crippen LogP contribution in [0.3, 0.4) is 0 Å². The Morgan fingerprint density at radius 2 is 1.86 bits per heavy atom. The van der Waals surface area contributed by atoms with E-state index in [-0.39, 0.29) is 17.7 Å². The van der Waals surface area contributed by atoms with Gasteiger partial charge in [-0.3, -0.25) is 9.59 Å². The maximum Gasteiger partial charge on any atom is 0.263 e. The van der Waals surface area contributed by atoms with Gasteiger partial charge in [0.2, 0.25) is 5.91 Å². The summed E-state index contributed by atoms with van der Waals surface area (Å²) in [5.41, 5.74) is 0. The first-order valence-corrected chi connectivity index (χ1v) is 10.9. The molecule has 8 heteroatoms. The van der Waals surface area contributed by atoms with Crippen LogP contribution in [0.1, 0.15) is 22.5 Å². The van der Waals surface area contributed by atoms with Gasteiger partial charge in [-0.15, -0.1) is 11.3 Å². The van der Waals surface area contributed by atoms with Crippen LogP contribution < -0.4 is 4.90 Å². The largest absolute Gasteiger partial charge is 0.353 e. The molecule has 2 amide bonds. The third-order valence-corrected chi connectivity index (χ3v) is 6.47. The predicted octanol–water partition coefficient (Wildman–Crippen LogP) is 3.00. The van der Waals surface area contributed by atoms with Crippen LogP contribution in [-0.2, 0) is 4.79 Å². The van der Waals surface area contributed by atoms with Crippen LogP contribution in [0.25, 0.3) is 0 Å². The van der Waals surface area contributed by atoms with Gasteiger partial charge in [-0.1, -0.05) is 23.7 Å². The number of hydrogen-bond acceptors (Lipinski definition) is 5. The van der Waals surface area contributed by atoms with Crippen molar-refractivity contribution in [2.24, 2.45) is 5.92 Å². The van der Waals surface area contributed by atoms with Gasteiger partial charge < -0.3 is 14.7 Å². The highest BCUT2D eigenvalue weighted by Gasteiger charge is 2.33. The molecule has 2 fully saturated rings. The van der Waals surface area contributed by atoms with Gasteiger partial charge in [0.05, 0.1) is 10.8 Å². The number of aromatic nitrogens is 1. The zero-order valence-corrected chi connectivity index (χ0v) is 17.2. The molecule has 0 aliphatic carbocycles. The fraction of sp³-hybridized carbons (Fsp3) is 0.450. The van der Waals surface area contributed by atoms with Crippen LogP contribution in [0.2, 0.25) is 5.15 Å². The van der Waals surface area contributed by atoms with Gasteiger partial charge in [-0.05, 0) is 36.4 Å². The van der Waals surface area contributed by atoms with Crippen LogP contribution in [0.15, 0.2) is 35.7 Å². The van der Waals surface area contributed by atoms with Crippen molar-refractivity contribution in [3.8, 4) is 0 Å². The van der Waals surface area contributed by atoms with Crippen molar-refractivity contribution in [2.75, 3.05) is 44.2 Å². The summed E-state index contributed by atoms with van der Waals surface area (Å²) in [5, 5.41) is 2.39. The van der Waals surface area contributed by atoms with E-state index in [9.17, 15) is 9.59 Å². The van der Waals surface area contributed by atoms with Gasteiger partial charge in [0.1, 0.15) is 11.0 Å². The number of carbonyl (C=O) groups is 2. The first-order chi connectivity index (χ1) is 13.6. The van der Waals surface area contributed by atoms with Gasteiger partial charge in [0, 0.05) is 39.3 Å². The highest BCUT2D eigenvalue weighted by Crippen LogP contribution is 2.23. The number of piperidine rings is 1. The van der Waals surface area contributed by atoms with Crippen molar-refractivity contribution < 1.29 is 9.59 Å². The molecule has 2 aliphatic heterocycles. The zero-order valence-electron chi connectivity index (χ0n) is 15.6. The van der Waals surface area contributed by atoms with Crippen LogP contribution >= 0.6 is 22.9 Å². The number of carbonyl (C=O) groups excluding carboxylic acids is 2. The molecule has 2 aromatic heterocycles. The van der Waals surface area contributed by atoms with Gasteiger partial charge >= 0.3 is 0 Å². The van der Waals surface area contributed by atoms with E-state index in [2.05, 4.69) is 9.88 Å². The minimum Gasteiger partial charge on any atom is -0.353 e. The summed E-state index contributed by atoms with van der Waals surface area (Å²) in [7, 11) is 0. The molecule has 0 bridgehead atoms. The van der Waals surface area contributed by atoms with E-state index in [1.165, 1.54) is 11.3 Å². The molecule has 0 N–H and O–H groups in total. The number of halogens is 1. The van der Waals surface area contributed by atoms with Crippen molar-refractivity contribution in [3.05, 3.63) is 45.7 Å². The predicted molar refractivity (Wildman–Crippen MR) is 111 cm³/mol. The third kappa shape index (κ3) is 4.15. The minimum atomic E-state index is -0.103. The number of piperazine rings is 1. The Kier molecular flexibility index (Phi) is 5.82. The number of thiophene rings is 1. The van der Waals surface area contributed by atoms with Crippen molar-refractivity contribution in [2.45, 2.75) is 12.8 Å². The van der Waals surface area contributed by atoms with Crippen LogP contribution in [0, 0.1) is 5.92 Å². The molecule has 2 saturated heterocycles. The molecule has 2 aromatic rings. The molecule has 0 saturated carbocycles. The first kappa shape index (κ1) is 19.2. The van der Waals surface area contributed by atoms with E-state index in [1.54, 1.807) is 6.07 Å². The lowest BCUT2D eigenvalue weighted by molar-refractivity contribution is -0.137. The van der Waals surface area contributed by atoms with E-state index in [4.69, 9.17) is 11.6 Å². The normalized spacial score (nSPS) is 20.3. The van der Waals surface area contributed by atoms with Gasteiger partial charge in [0.25, 0.3) is 5.91 Å². The lowest BCUT2D eigenvalue weighted by atomic mass is 9.96. The molecule has 4 heterocycles. The number of rotatable bonds is 3. The molecule has 4 rings (SSSR count). The summed E-state index contributed by atoms with van der Waals surface area (Å²) in [6.45, 7) is 4.07. The van der Waals surface area contributed by atoms with Crippen molar-refractivity contribution in [1.29, 1.82) is 0 Å². The highest BCUT2D eigenvalue weighted by atomic mass is 35.5. The number of hydrogen-bond donors (Lipinski definition) is 0. The van der Waals surface area contributed by atoms with E-state index < -0.39 is 0 Å². The number of anilines is 1. The SMILES string of the molecule is O=C(c1cccs1)N1CCCC(C(=O)N2CCN(c3cccc(Cl)n3)CC2)C1. The average molecular weight is 419 g/mol. The highest BCUT2D eigenvalue weighted by molar-refractivity contribution is 7.12. The molecule has 2 aliphatic rings. The van der Waals surface area contributed by atoms with Gasteiger partial charge in [-0.25, -0.2) is 4.98 Å². The van der Waals surface area contributed by atoms with Crippen molar-refractivity contribution in [1.82, 2.24) is 14.8 Å². The molecule has 1 atom stereocenters. The molecule has 28 heavy (non-hydrogen) atoms. The first-order valence-electron chi connectivity index (χ1n) is 9.61.